The van der Waals surface area contributed by atoms with Gasteiger partial charge in [-0.3, -0.25) is 11.2 Å². The molecule has 2 aromatic rings. The van der Waals surface area contributed by atoms with Crippen molar-refractivity contribution in [2.24, 2.45) is 5.84 Å². The van der Waals surface area contributed by atoms with E-state index in [1.165, 1.54) is 12.8 Å². The van der Waals surface area contributed by atoms with Gasteiger partial charge in [-0.25, -0.2) is 4.79 Å². The summed E-state index contributed by atoms with van der Waals surface area (Å²) < 4.78 is 5.38. The highest BCUT2D eigenvalue weighted by Crippen LogP contribution is 2.29. The maximum absolute atomic E-state index is 12.2. The van der Waals surface area contributed by atoms with Gasteiger partial charge in [-0.05, 0) is 56.6 Å². The molecule has 1 aliphatic heterocycles. The molecule has 6 heteroatoms. The van der Waals surface area contributed by atoms with Crippen molar-refractivity contribution in [2.45, 2.75) is 25.3 Å². The molecule has 3 rings (SSSR count). The molecule has 0 aromatic heterocycles. The van der Waals surface area contributed by atoms with Crippen molar-refractivity contribution in [1.82, 2.24) is 4.90 Å². The maximum Gasteiger partial charge on any atom is 0.411 e. The van der Waals surface area contributed by atoms with Crippen LogP contribution >= 0.6 is 0 Å². The first-order chi connectivity index (χ1) is 12.7. The minimum absolute atomic E-state index is 0.425. The highest BCUT2D eigenvalue weighted by molar-refractivity contribution is 5.91. The van der Waals surface area contributed by atoms with Crippen LogP contribution in [-0.4, -0.2) is 37.2 Å². The lowest BCUT2D eigenvalue weighted by Gasteiger charge is -2.19. The highest BCUT2D eigenvalue weighted by atomic mass is 16.5. The van der Waals surface area contributed by atoms with Crippen LogP contribution < -0.4 is 16.6 Å². The van der Waals surface area contributed by atoms with Crippen molar-refractivity contribution in [3.8, 4) is 11.1 Å². The van der Waals surface area contributed by atoms with E-state index < -0.39 is 6.09 Å². The standard InChI is InChI=1S/C20H26N4O2/c1-24-12-5-8-17(24)11-13-26-20(25)22-19-10-3-2-9-18(19)15-6-4-7-16(14-15)23-21/h2-4,6-7,9-10,14,17,23H,5,8,11-13,21H2,1H3,(H,22,25). The average Bonchev–Trinajstić information content (AvgIpc) is 3.07. The van der Waals surface area contributed by atoms with Crippen LogP contribution in [0.4, 0.5) is 16.2 Å². The fourth-order valence-electron chi connectivity index (χ4n) is 3.40. The van der Waals surface area contributed by atoms with E-state index in [0.717, 1.165) is 29.8 Å². The Labute approximate surface area is 154 Å². The Kier molecular flexibility index (Phi) is 6.09. The van der Waals surface area contributed by atoms with Gasteiger partial charge in [0.25, 0.3) is 0 Å². The van der Waals surface area contributed by atoms with E-state index in [2.05, 4.69) is 22.7 Å². The predicted molar refractivity (Wildman–Crippen MR) is 105 cm³/mol. The summed E-state index contributed by atoms with van der Waals surface area (Å²) in [6.07, 6.45) is 2.84. The number of likely N-dealkylation sites (tertiary alicyclic amines) is 1. The quantitative estimate of drug-likeness (QED) is 0.545. The second-order valence-corrected chi connectivity index (χ2v) is 6.60. The molecule has 1 unspecified atom stereocenters. The molecule has 1 atom stereocenters. The first-order valence-corrected chi connectivity index (χ1v) is 8.97. The van der Waals surface area contributed by atoms with Gasteiger partial charge in [0.1, 0.15) is 0 Å². The molecule has 4 N–H and O–H groups in total. The van der Waals surface area contributed by atoms with Crippen molar-refractivity contribution in [3.63, 3.8) is 0 Å². The van der Waals surface area contributed by atoms with E-state index in [1.807, 2.05) is 48.5 Å². The van der Waals surface area contributed by atoms with E-state index >= 15 is 0 Å². The second-order valence-electron chi connectivity index (χ2n) is 6.60. The summed E-state index contributed by atoms with van der Waals surface area (Å²) in [4.78, 5) is 14.5. The van der Waals surface area contributed by atoms with Gasteiger partial charge >= 0.3 is 6.09 Å². The van der Waals surface area contributed by atoms with Crippen LogP contribution in [0.5, 0.6) is 0 Å². The summed E-state index contributed by atoms with van der Waals surface area (Å²) in [5.74, 6) is 5.49. The third-order valence-electron chi connectivity index (χ3n) is 4.86. The zero-order valence-electron chi connectivity index (χ0n) is 15.1. The lowest BCUT2D eigenvalue weighted by molar-refractivity contribution is 0.147. The molecule has 0 spiro atoms. The number of carbonyl (C=O) groups excluding carboxylic acids is 1. The number of hydrogen-bond acceptors (Lipinski definition) is 5. The lowest BCUT2D eigenvalue weighted by Crippen LogP contribution is -2.27. The van der Waals surface area contributed by atoms with Gasteiger partial charge in [-0.2, -0.15) is 0 Å². The van der Waals surface area contributed by atoms with E-state index in [1.54, 1.807) is 0 Å². The van der Waals surface area contributed by atoms with Crippen molar-refractivity contribution in [1.29, 1.82) is 0 Å². The van der Waals surface area contributed by atoms with Gasteiger partial charge in [-0.15, -0.1) is 0 Å². The Hall–Kier alpha value is -2.57. The van der Waals surface area contributed by atoms with Crippen LogP contribution in [0.2, 0.25) is 0 Å². The zero-order chi connectivity index (χ0) is 18.4. The Morgan fingerprint density at radius 2 is 2.12 bits per heavy atom. The number of nitrogen functional groups attached to an aromatic ring is 1. The minimum atomic E-state index is -0.425. The molecular formula is C20H26N4O2. The number of carbonyl (C=O) groups is 1. The number of nitrogens with one attached hydrogen (secondary N) is 2. The predicted octanol–water partition coefficient (Wildman–Crippen LogP) is 3.67. The molecule has 2 aromatic carbocycles. The highest BCUT2D eigenvalue weighted by Gasteiger charge is 2.20. The Morgan fingerprint density at radius 3 is 2.88 bits per heavy atom. The molecule has 0 saturated carbocycles. The van der Waals surface area contributed by atoms with Crippen LogP contribution in [0.1, 0.15) is 19.3 Å². The topological polar surface area (TPSA) is 79.6 Å². The summed E-state index contributed by atoms with van der Waals surface area (Å²) >= 11 is 0. The molecule has 0 bridgehead atoms. The Balaban J connectivity index is 1.61. The first kappa shape index (κ1) is 18.2. The van der Waals surface area contributed by atoms with Crippen LogP contribution in [-0.2, 0) is 4.74 Å². The van der Waals surface area contributed by atoms with Gasteiger partial charge in [0.15, 0.2) is 0 Å². The molecular weight excluding hydrogens is 328 g/mol. The van der Waals surface area contributed by atoms with Crippen LogP contribution in [0, 0.1) is 0 Å². The zero-order valence-corrected chi connectivity index (χ0v) is 15.1. The summed E-state index contributed by atoms with van der Waals surface area (Å²) in [6.45, 7) is 1.55. The molecule has 1 fully saturated rings. The van der Waals surface area contributed by atoms with Gasteiger partial charge in [0.05, 0.1) is 12.3 Å². The van der Waals surface area contributed by atoms with Crippen molar-refractivity contribution >= 4 is 17.5 Å². The molecule has 26 heavy (non-hydrogen) atoms. The van der Waals surface area contributed by atoms with E-state index in [0.29, 0.717) is 18.3 Å². The third kappa shape index (κ3) is 4.53. The second kappa shape index (κ2) is 8.69. The first-order valence-electron chi connectivity index (χ1n) is 8.97. The minimum Gasteiger partial charge on any atom is -0.449 e. The number of ether oxygens (including phenoxy) is 1. The average molecular weight is 354 g/mol. The van der Waals surface area contributed by atoms with E-state index in [9.17, 15) is 4.79 Å². The molecule has 1 aliphatic rings. The largest absolute Gasteiger partial charge is 0.449 e. The molecule has 6 nitrogen and oxygen atoms in total. The number of rotatable bonds is 6. The number of amides is 1. The van der Waals surface area contributed by atoms with Gasteiger partial charge in [0.2, 0.25) is 0 Å². The molecule has 1 heterocycles. The monoisotopic (exact) mass is 354 g/mol. The summed E-state index contributed by atoms with van der Waals surface area (Å²) in [5, 5.41) is 2.86. The van der Waals surface area contributed by atoms with Crippen molar-refractivity contribution < 1.29 is 9.53 Å². The van der Waals surface area contributed by atoms with Gasteiger partial charge in [0, 0.05) is 17.3 Å². The maximum atomic E-state index is 12.2. The number of hydrazine groups is 1. The molecule has 1 saturated heterocycles. The van der Waals surface area contributed by atoms with Crippen LogP contribution in [0.25, 0.3) is 11.1 Å². The Bertz CT molecular complexity index is 750. The van der Waals surface area contributed by atoms with E-state index in [-0.39, 0.29) is 0 Å². The number of nitrogens with zero attached hydrogens (tertiary/aromatic N) is 1. The third-order valence-corrected chi connectivity index (χ3v) is 4.86. The number of benzene rings is 2. The molecule has 0 radical (unpaired) electrons. The summed E-state index contributed by atoms with van der Waals surface area (Å²) in [6, 6.07) is 15.9. The Morgan fingerprint density at radius 1 is 1.27 bits per heavy atom. The molecule has 0 aliphatic carbocycles. The van der Waals surface area contributed by atoms with E-state index in [4.69, 9.17) is 10.6 Å². The van der Waals surface area contributed by atoms with Gasteiger partial charge < -0.3 is 15.1 Å². The lowest BCUT2D eigenvalue weighted by atomic mass is 10.0. The number of para-hydroxylation sites is 1. The van der Waals surface area contributed by atoms with Gasteiger partial charge in [-0.1, -0.05) is 30.3 Å². The smallest absolute Gasteiger partial charge is 0.411 e. The molecule has 1 amide bonds. The van der Waals surface area contributed by atoms with Crippen molar-refractivity contribution in [3.05, 3.63) is 48.5 Å². The number of anilines is 2. The van der Waals surface area contributed by atoms with Crippen LogP contribution in [0.15, 0.2) is 48.5 Å². The SMILES string of the molecule is CN1CCCC1CCOC(=O)Nc1ccccc1-c1cccc(NN)c1. The van der Waals surface area contributed by atoms with Crippen LogP contribution in [0.3, 0.4) is 0 Å². The number of hydrogen-bond donors (Lipinski definition) is 3. The fraction of sp³-hybridized carbons (Fsp3) is 0.350. The summed E-state index contributed by atoms with van der Waals surface area (Å²) in [5.41, 5.74) is 6.03. The normalized spacial score (nSPS) is 17.1. The molecule has 138 valence electrons. The fourth-order valence-corrected chi connectivity index (χ4v) is 3.40. The number of nitrogens with two attached hydrogens (primary N) is 1. The van der Waals surface area contributed by atoms with Crippen molar-refractivity contribution in [2.75, 3.05) is 30.9 Å². The summed E-state index contributed by atoms with van der Waals surface area (Å²) in [7, 11) is 2.12.